The minimum Gasteiger partial charge on any atom is -0.487 e. The zero-order valence-corrected chi connectivity index (χ0v) is 19.6. The molecule has 34 heavy (non-hydrogen) atoms. The number of benzene rings is 3. The molecule has 174 valence electrons. The highest BCUT2D eigenvalue weighted by atomic mass is 32.2. The van der Waals surface area contributed by atoms with Crippen LogP contribution in [-0.2, 0) is 16.6 Å². The van der Waals surface area contributed by atoms with Gasteiger partial charge in [-0.1, -0.05) is 18.2 Å². The fourth-order valence-corrected chi connectivity index (χ4v) is 4.74. The average molecular weight is 498 g/mol. The van der Waals surface area contributed by atoms with Crippen molar-refractivity contribution in [3.8, 4) is 5.75 Å². The van der Waals surface area contributed by atoms with E-state index in [1.165, 1.54) is 36.4 Å². The maximum absolute atomic E-state index is 13.8. The predicted octanol–water partition coefficient (Wildman–Crippen LogP) is 5.22. The molecule has 0 saturated heterocycles. The lowest BCUT2D eigenvalue weighted by Crippen LogP contribution is -2.15. The predicted molar refractivity (Wildman–Crippen MR) is 129 cm³/mol. The van der Waals surface area contributed by atoms with Crippen LogP contribution >= 0.6 is 11.3 Å². The van der Waals surface area contributed by atoms with Gasteiger partial charge in [0.05, 0.1) is 21.3 Å². The number of nitrogens with zero attached hydrogens (tertiary/aromatic N) is 1. The molecule has 4 rings (SSSR count). The summed E-state index contributed by atoms with van der Waals surface area (Å²) in [4.78, 5) is 16.8. The third kappa shape index (κ3) is 5.77. The van der Waals surface area contributed by atoms with Crippen molar-refractivity contribution >= 4 is 38.6 Å². The Bertz CT molecular complexity index is 1420. The maximum atomic E-state index is 13.8. The number of halogens is 1. The SMILES string of the molecule is Cc1nc(COc2ccc(C(=O)Nc3cccc(S(=O)(=O)Nc4ccccc4F)c3)cc2)cs1. The second-order valence-electron chi connectivity index (χ2n) is 7.24. The quantitative estimate of drug-likeness (QED) is 0.348. The first-order valence-corrected chi connectivity index (χ1v) is 12.5. The van der Waals surface area contributed by atoms with E-state index in [2.05, 4.69) is 15.0 Å². The maximum Gasteiger partial charge on any atom is 0.262 e. The number of amides is 1. The summed E-state index contributed by atoms with van der Waals surface area (Å²) in [5.74, 6) is -0.516. The Labute approximate surface area is 200 Å². The molecule has 3 aromatic carbocycles. The third-order valence-electron chi connectivity index (χ3n) is 4.69. The fourth-order valence-electron chi connectivity index (χ4n) is 3.03. The number of hydrogen-bond donors (Lipinski definition) is 2. The van der Waals surface area contributed by atoms with Crippen LogP contribution in [0, 0.1) is 12.7 Å². The van der Waals surface area contributed by atoms with E-state index in [1.807, 2.05) is 12.3 Å². The first kappa shape index (κ1) is 23.4. The van der Waals surface area contributed by atoms with Crippen molar-refractivity contribution in [1.82, 2.24) is 4.98 Å². The van der Waals surface area contributed by atoms with Gasteiger partial charge >= 0.3 is 0 Å². The van der Waals surface area contributed by atoms with E-state index in [1.54, 1.807) is 41.7 Å². The van der Waals surface area contributed by atoms with E-state index in [4.69, 9.17) is 4.74 Å². The van der Waals surface area contributed by atoms with Gasteiger partial charge in [-0.15, -0.1) is 11.3 Å². The molecule has 0 radical (unpaired) electrons. The number of ether oxygens (including phenoxy) is 1. The average Bonchev–Trinajstić information content (AvgIpc) is 3.25. The Morgan fingerprint density at radius 3 is 2.53 bits per heavy atom. The molecule has 0 saturated carbocycles. The summed E-state index contributed by atoms with van der Waals surface area (Å²) in [6.07, 6.45) is 0. The van der Waals surface area contributed by atoms with Crippen LogP contribution in [0.1, 0.15) is 21.1 Å². The number of thiazole rings is 1. The zero-order valence-electron chi connectivity index (χ0n) is 18.0. The molecule has 0 bridgehead atoms. The first-order chi connectivity index (χ1) is 16.3. The number of aromatic nitrogens is 1. The Balaban J connectivity index is 1.41. The number of para-hydroxylation sites is 1. The highest BCUT2D eigenvalue weighted by molar-refractivity contribution is 7.92. The Morgan fingerprint density at radius 1 is 1.06 bits per heavy atom. The van der Waals surface area contributed by atoms with E-state index in [-0.39, 0.29) is 16.3 Å². The van der Waals surface area contributed by atoms with Gasteiger partial charge in [0.15, 0.2) is 0 Å². The number of sulfonamides is 1. The summed E-state index contributed by atoms with van der Waals surface area (Å²) < 4.78 is 47.1. The van der Waals surface area contributed by atoms with E-state index in [0.717, 1.165) is 16.8 Å². The van der Waals surface area contributed by atoms with Crippen LogP contribution in [0.15, 0.2) is 83.1 Å². The molecule has 1 heterocycles. The number of nitrogens with one attached hydrogen (secondary N) is 2. The van der Waals surface area contributed by atoms with Crippen molar-refractivity contribution in [1.29, 1.82) is 0 Å². The van der Waals surface area contributed by atoms with Crippen LogP contribution in [0.5, 0.6) is 5.75 Å². The Kier molecular flexibility index (Phi) is 6.90. The van der Waals surface area contributed by atoms with Crippen LogP contribution in [0.25, 0.3) is 0 Å². The van der Waals surface area contributed by atoms with Gasteiger partial charge in [0, 0.05) is 16.6 Å². The minimum atomic E-state index is -4.05. The molecule has 10 heteroatoms. The van der Waals surface area contributed by atoms with Gasteiger partial charge in [0.2, 0.25) is 0 Å². The molecule has 0 spiro atoms. The van der Waals surface area contributed by atoms with Crippen LogP contribution in [0.3, 0.4) is 0 Å². The lowest BCUT2D eigenvalue weighted by molar-refractivity contribution is 0.102. The summed E-state index contributed by atoms with van der Waals surface area (Å²) in [5.41, 5.74) is 1.32. The second-order valence-corrected chi connectivity index (χ2v) is 9.98. The van der Waals surface area contributed by atoms with Crippen molar-refractivity contribution in [2.75, 3.05) is 10.0 Å². The van der Waals surface area contributed by atoms with Crippen LogP contribution in [0.4, 0.5) is 15.8 Å². The molecule has 1 amide bonds. The molecule has 4 aromatic rings. The Hall–Kier alpha value is -3.76. The summed E-state index contributed by atoms with van der Waals surface area (Å²) in [7, 11) is -4.05. The first-order valence-electron chi connectivity index (χ1n) is 10.1. The number of carbonyl (C=O) groups is 1. The van der Waals surface area contributed by atoms with Gasteiger partial charge in [-0.2, -0.15) is 0 Å². The Morgan fingerprint density at radius 2 is 1.82 bits per heavy atom. The molecule has 0 aliphatic rings. The van der Waals surface area contributed by atoms with Crippen molar-refractivity contribution in [2.24, 2.45) is 0 Å². The van der Waals surface area contributed by atoms with Crippen LogP contribution in [0.2, 0.25) is 0 Å². The van der Waals surface area contributed by atoms with Gasteiger partial charge in [-0.3, -0.25) is 9.52 Å². The van der Waals surface area contributed by atoms with E-state index in [0.29, 0.717) is 17.9 Å². The largest absolute Gasteiger partial charge is 0.487 e. The zero-order chi connectivity index (χ0) is 24.1. The molecular weight excluding hydrogens is 477 g/mol. The number of anilines is 2. The van der Waals surface area contributed by atoms with Crippen molar-refractivity contribution in [3.63, 3.8) is 0 Å². The highest BCUT2D eigenvalue weighted by Crippen LogP contribution is 2.22. The smallest absolute Gasteiger partial charge is 0.262 e. The highest BCUT2D eigenvalue weighted by Gasteiger charge is 2.17. The van der Waals surface area contributed by atoms with Gasteiger partial charge in [-0.25, -0.2) is 17.8 Å². The molecule has 7 nitrogen and oxygen atoms in total. The van der Waals surface area contributed by atoms with E-state index >= 15 is 0 Å². The molecule has 0 fully saturated rings. The summed E-state index contributed by atoms with van der Waals surface area (Å²) >= 11 is 1.55. The van der Waals surface area contributed by atoms with Crippen molar-refractivity contribution in [3.05, 3.63) is 100 Å². The standard InChI is InChI=1S/C24H20FN3O4S2/c1-16-26-19(15-33-16)14-32-20-11-9-17(10-12-20)24(29)27-18-5-4-6-21(13-18)34(30,31)28-23-8-3-2-7-22(23)25/h2-13,15,28H,14H2,1H3,(H,27,29). The molecule has 0 aliphatic carbocycles. The van der Waals surface area contributed by atoms with Gasteiger partial charge < -0.3 is 10.1 Å². The lowest BCUT2D eigenvalue weighted by atomic mass is 10.2. The number of carbonyl (C=O) groups excluding carboxylic acids is 1. The van der Waals surface area contributed by atoms with Gasteiger partial charge in [0.25, 0.3) is 15.9 Å². The second kappa shape index (κ2) is 10.0. The minimum absolute atomic E-state index is 0.116. The summed E-state index contributed by atoms with van der Waals surface area (Å²) in [6, 6.07) is 17.7. The fraction of sp³-hybridized carbons (Fsp3) is 0.0833. The third-order valence-corrected chi connectivity index (χ3v) is 6.88. The molecule has 0 aliphatic heterocycles. The topological polar surface area (TPSA) is 97.4 Å². The number of aryl methyl sites for hydroxylation is 1. The molecular formula is C24H20FN3O4S2. The lowest BCUT2D eigenvalue weighted by Gasteiger charge is -2.11. The van der Waals surface area contributed by atoms with Gasteiger partial charge in [0.1, 0.15) is 18.2 Å². The molecule has 1 aromatic heterocycles. The van der Waals surface area contributed by atoms with Gasteiger partial charge in [-0.05, 0) is 61.5 Å². The number of hydrogen-bond acceptors (Lipinski definition) is 6. The molecule has 2 N–H and O–H groups in total. The monoisotopic (exact) mass is 497 g/mol. The summed E-state index contributed by atoms with van der Waals surface area (Å²) in [6.45, 7) is 2.25. The molecule has 0 atom stereocenters. The molecule has 0 unspecified atom stereocenters. The summed E-state index contributed by atoms with van der Waals surface area (Å²) in [5, 5.41) is 5.56. The normalized spacial score (nSPS) is 11.1. The van der Waals surface area contributed by atoms with Crippen LogP contribution < -0.4 is 14.8 Å². The van der Waals surface area contributed by atoms with Crippen molar-refractivity contribution in [2.45, 2.75) is 18.4 Å². The van der Waals surface area contributed by atoms with Crippen molar-refractivity contribution < 1.29 is 22.3 Å². The van der Waals surface area contributed by atoms with Crippen LogP contribution in [-0.4, -0.2) is 19.3 Å². The van der Waals surface area contributed by atoms with E-state index in [9.17, 15) is 17.6 Å². The van der Waals surface area contributed by atoms with E-state index < -0.39 is 21.7 Å². The number of rotatable bonds is 8.